The summed E-state index contributed by atoms with van der Waals surface area (Å²) >= 11 is 0. The van der Waals surface area contributed by atoms with Crippen LogP contribution in [0.4, 0.5) is 0 Å². The summed E-state index contributed by atoms with van der Waals surface area (Å²) in [5.41, 5.74) is -0.986. The maximum Gasteiger partial charge on any atom is 0.304 e. The van der Waals surface area contributed by atoms with Crippen molar-refractivity contribution in [3.8, 4) is 12.3 Å². The number of carbonyl (C=O) groups is 3. The van der Waals surface area contributed by atoms with Gasteiger partial charge in [0.15, 0.2) is 5.60 Å². The zero-order valence-corrected chi connectivity index (χ0v) is 16.9. The zero-order valence-electron chi connectivity index (χ0n) is 16.9. The second kappa shape index (κ2) is 7.41. The Labute approximate surface area is 162 Å². The van der Waals surface area contributed by atoms with E-state index in [0.29, 0.717) is 42.8 Å². The van der Waals surface area contributed by atoms with Gasteiger partial charge in [0, 0.05) is 31.1 Å². The standard InChI is InChI=1S/C23H32O4/c1-5-22-13-11-17-18(9-10-21(26)19(17)8-7-15(3)24)20(22)12-14-23(22,6-2)27-16(4)25/h2,17-20H,5,7-14H2,1,3-4H3/t17-,18+,19?,20-,22-,23-/m0/s1. The van der Waals surface area contributed by atoms with Gasteiger partial charge in [-0.1, -0.05) is 12.8 Å². The molecule has 3 aliphatic rings. The largest absolute Gasteiger partial charge is 0.445 e. The Morgan fingerprint density at radius 3 is 2.52 bits per heavy atom. The summed E-state index contributed by atoms with van der Waals surface area (Å²) in [7, 11) is 0. The average molecular weight is 373 g/mol. The number of carbonyl (C=O) groups excluding carboxylic acids is 3. The fourth-order valence-corrected chi connectivity index (χ4v) is 6.88. The molecule has 1 unspecified atom stereocenters. The molecule has 3 fully saturated rings. The lowest BCUT2D eigenvalue weighted by atomic mass is 9.50. The van der Waals surface area contributed by atoms with Crippen LogP contribution in [0.1, 0.15) is 78.6 Å². The fraction of sp³-hybridized carbons (Fsp3) is 0.783. The van der Waals surface area contributed by atoms with Gasteiger partial charge in [0.2, 0.25) is 0 Å². The molecule has 0 aliphatic heterocycles. The Morgan fingerprint density at radius 1 is 1.19 bits per heavy atom. The van der Waals surface area contributed by atoms with Crippen LogP contribution in [0.25, 0.3) is 0 Å². The minimum Gasteiger partial charge on any atom is -0.445 e. The molecule has 27 heavy (non-hydrogen) atoms. The van der Waals surface area contributed by atoms with Crippen molar-refractivity contribution in [3.63, 3.8) is 0 Å². The van der Waals surface area contributed by atoms with E-state index >= 15 is 0 Å². The predicted octanol–water partition coefficient (Wildman–Crippen LogP) is 4.10. The quantitative estimate of drug-likeness (QED) is 0.538. The van der Waals surface area contributed by atoms with Gasteiger partial charge < -0.3 is 9.53 Å². The van der Waals surface area contributed by atoms with Gasteiger partial charge in [-0.3, -0.25) is 9.59 Å². The van der Waals surface area contributed by atoms with E-state index in [1.807, 2.05) is 0 Å². The molecule has 0 amide bonds. The second-order valence-corrected chi connectivity index (χ2v) is 8.94. The van der Waals surface area contributed by atoms with E-state index in [-0.39, 0.29) is 23.1 Å². The summed E-state index contributed by atoms with van der Waals surface area (Å²) in [6.45, 7) is 5.21. The Morgan fingerprint density at radius 2 is 1.93 bits per heavy atom. The van der Waals surface area contributed by atoms with Crippen molar-refractivity contribution in [3.05, 3.63) is 0 Å². The molecule has 0 aromatic heterocycles. The van der Waals surface area contributed by atoms with Crippen LogP contribution in [0, 0.1) is 41.4 Å². The Hall–Kier alpha value is -1.63. The molecule has 0 radical (unpaired) electrons. The summed E-state index contributed by atoms with van der Waals surface area (Å²) in [6.07, 6.45) is 13.1. The van der Waals surface area contributed by atoms with Crippen LogP contribution >= 0.6 is 0 Å². The van der Waals surface area contributed by atoms with Crippen molar-refractivity contribution >= 4 is 17.5 Å². The highest BCUT2D eigenvalue weighted by atomic mass is 16.6. The minimum absolute atomic E-state index is 0.0112. The third kappa shape index (κ3) is 3.13. The van der Waals surface area contributed by atoms with Crippen molar-refractivity contribution in [1.82, 2.24) is 0 Å². The first kappa shape index (κ1) is 20.1. The van der Waals surface area contributed by atoms with Crippen LogP contribution in [0.5, 0.6) is 0 Å². The van der Waals surface area contributed by atoms with Gasteiger partial charge in [0.25, 0.3) is 0 Å². The van der Waals surface area contributed by atoms with E-state index in [1.165, 1.54) is 6.92 Å². The average Bonchev–Trinajstić information content (AvgIpc) is 2.95. The van der Waals surface area contributed by atoms with Gasteiger partial charge in [0.1, 0.15) is 11.6 Å². The van der Waals surface area contributed by atoms with E-state index in [0.717, 1.165) is 38.5 Å². The summed E-state index contributed by atoms with van der Waals surface area (Å²) in [5, 5.41) is 0. The van der Waals surface area contributed by atoms with Crippen molar-refractivity contribution in [2.24, 2.45) is 29.1 Å². The van der Waals surface area contributed by atoms with Crippen LogP contribution in [0.3, 0.4) is 0 Å². The van der Waals surface area contributed by atoms with Crippen molar-refractivity contribution in [1.29, 1.82) is 0 Å². The van der Waals surface area contributed by atoms with Gasteiger partial charge >= 0.3 is 5.97 Å². The maximum absolute atomic E-state index is 12.6. The van der Waals surface area contributed by atoms with E-state index in [9.17, 15) is 14.4 Å². The number of rotatable bonds is 5. The van der Waals surface area contributed by atoms with Crippen LogP contribution in [0.2, 0.25) is 0 Å². The third-order valence-electron chi connectivity index (χ3n) is 7.96. The molecular formula is C23H32O4. The molecule has 148 valence electrons. The molecular weight excluding hydrogens is 340 g/mol. The van der Waals surface area contributed by atoms with Crippen molar-refractivity contribution in [2.75, 3.05) is 0 Å². The zero-order chi connectivity index (χ0) is 19.8. The van der Waals surface area contributed by atoms with Crippen LogP contribution in [-0.4, -0.2) is 23.1 Å². The summed E-state index contributed by atoms with van der Waals surface area (Å²) < 4.78 is 5.83. The van der Waals surface area contributed by atoms with Crippen LogP contribution in [0.15, 0.2) is 0 Å². The molecule has 3 aliphatic carbocycles. The number of fused-ring (bicyclic) bond motifs is 3. The molecule has 0 bridgehead atoms. The van der Waals surface area contributed by atoms with Crippen molar-refractivity contribution in [2.45, 2.75) is 84.2 Å². The van der Waals surface area contributed by atoms with Crippen molar-refractivity contribution < 1.29 is 19.1 Å². The number of Topliss-reactive ketones (excluding diaryl/α,β-unsaturated/α-hetero) is 2. The molecule has 0 N–H and O–H groups in total. The molecule has 0 aromatic rings. The summed E-state index contributed by atoms with van der Waals surface area (Å²) in [4.78, 5) is 35.9. The molecule has 0 aromatic carbocycles. The molecule has 0 heterocycles. The number of ketones is 2. The van der Waals surface area contributed by atoms with Gasteiger partial charge in [0.05, 0.1) is 0 Å². The van der Waals surface area contributed by atoms with Crippen LogP contribution < -0.4 is 0 Å². The minimum atomic E-state index is -0.806. The lowest BCUT2D eigenvalue weighted by Gasteiger charge is -2.55. The Kier molecular flexibility index (Phi) is 5.52. The molecule has 6 atom stereocenters. The lowest BCUT2D eigenvalue weighted by molar-refractivity contribution is -0.171. The summed E-state index contributed by atoms with van der Waals surface area (Å²) in [5.74, 6) is 4.29. The fourth-order valence-electron chi connectivity index (χ4n) is 6.88. The monoisotopic (exact) mass is 372 g/mol. The summed E-state index contributed by atoms with van der Waals surface area (Å²) in [6, 6.07) is 0. The van der Waals surface area contributed by atoms with E-state index in [1.54, 1.807) is 6.92 Å². The first-order valence-electron chi connectivity index (χ1n) is 10.5. The normalized spacial score (nSPS) is 40.6. The first-order valence-corrected chi connectivity index (χ1v) is 10.5. The number of hydrogen-bond donors (Lipinski definition) is 0. The predicted molar refractivity (Wildman–Crippen MR) is 103 cm³/mol. The SMILES string of the molecule is C#C[C@]1(OC(C)=O)CC[C@H]2[C@@H]3CCC(=O)C(CCC(C)=O)[C@H]3CC[C@@]21CC. The highest BCUT2D eigenvalue weighted by Crippen LogP contribution is 2.66. The highest BCUT2D eigenvalue weighted by Gasteiger charge is 2.65. The topological polar surface area (TPSA) is 60.4 Å². The maximum atomic E-state index is 12.6. The van der Waals surface area contributed by atoms with E-state index in [4.69, 9.17) is 11.2 Å². The van der Waals surface area contributed by atoms with Gasteiger partial charge in [-0.15, -0.1) is 6.42 Å². The molecule has 0 spiro atoms. The smallest absolute Gasteiger partial charge is 0.304 e. The van der Waals surface area contributed by atoms with Gasteiger partial charge in [-0.2, -0.15) is 0 Å². The lowest BCUT2D eigenvalue weighted by Crippen LogP contribution is -2.55. The van der Waals surface area contributed by atoms with E-state index in [2.05, 4.69) is 12.8 Å². The number of hydrogen-bond acceptors (Lipinski definition) is 4. The first-order chi connectivity index (χ1) is 12.8. The number of esters is 1. The van der Waals surface area contributed by atoms with E-state index < -0.39 is 5.60 Å². The second-order valence-electron chi connectivity index (χ2n) is 8.94. The molecule has 3 rings (SSSR count). The molecule has 4 heteroatoms. The Bertz CT molecular complexity index is 674. The third-order valence-corrected chi connectivity index (χ3v) is 7.96. The molecule has 0 saturated heterocycles. The Balaban J connectivity index is 1.91. The highest BCUT2D eigenvalue weighted by molar-refractivity contribution is 5.83. The van der Waals surface area contributed by atoms with Gasteiger partial charge in [-0.25, -0.2) is 0 Å². The molecule has 4 nitrogen and oxygen atoms in total. The van der Waals surface area contributed by atoms with Gasteiger partial charge in [-0.05, 0) is 69.6 Å². The number of terminal acetylenes is 1. The van der Waals surface area contributed by atoms with Crippen LogP contribution in [-0.2, 0) is 19.1 Å². The molecule has 3 saturated carbocycles. The number of ether oxygens (including phenoxy) is 1.